The molecule has 2 rings (SSSR count). The van der Waals surface area contributed by atoms with Crippen molar-refractivity contribution in [3.8, 4) is 11.8 Å². The lowest BCUT2D eigenvalue weighted by atomic mass is 10.2. The van der Waals surface area contributed by atoms with Crippen molar-refractivity contribution in [1.82, 2.24) is 0 Å². The van der Waals surface area contributed by atoms with Gasteiger partial charge in [0.1, 0.15) is 17.4 Å². The molecule has 0 atom stereocenters. The number of hydrogen-bond acceptors (Lipinski definition) is 4. The van der Waals surface area contributed by atoms with Gasteiger partial charge in [-0.1, -0.05) is 17.7 Å². The Kier molecular flexibility index (Phi) is 4.99. The van der Waals surface area contributed by atoms with Crippen LogP contribution in [-0.2, 0) is 4.79 Å². The van der Waals surface area contributed by atoms with Crippen LogP contribution in [0.4, 0.5) is 5.69 Å². The molecular weight excluding hydrogens is 308 g/mol. The number of carbonyl (C=O) groups is 1. The molecule has 106 valence electrons. The molecule has 0 radical (unpaired) electrons. The molecule has 0 unspecified atom stereocenters. The van der Waals surface area contributed by atoms with Gasteiger partial charge in [0, 0.05) is 10.6 Å². The SMILES string of the molecule is COc1ccc(NC(=O)/C(C#N)=C\c2cccs2)cc1Cl. The molecule has 0 bridgehead atoms. The molecule has 0 fully saturated rings. The molecule has 0 aliphatic carbocycles. The first-order valence-electron chi connectivity index (χ1n) is 5.94. The zero-order valence-corrected chi connectivity index (χ0v) is 12.7. The molecule has 1 aromatic heterocycles. The molecule has 0 saturated carbocycles. The zero-order valence-electron chi connectivity index (χ0n) is 11.1. The topological polar surface area (TPSA) is 62.1 Å². The molecule has 0 aliphatic heterocycles. The summed E-state index contributed by atoms with van der Waals surface area (Å²) < 4.78 is 5.04. The van der Waals surface area contributed by atoms with Crippen LogP contribution in [0.1, 0.15) is 4.88 Å². The van der Waals surface area contributed by atoms with E-state index in [-0.39, 0.29) is 5.57 Å². The number of nitriles is 1. The van der Waals surface area contributed by atoms with Gasteiger partial charge in [-0.2, -0.15) is 5.26 Å². The second kappa shape index (κ2) is 6.93. The van der Waals surface area contributed by atoms with Gasteiger partial charge in [0.15, 0.2) is 0 Å². The minimum absolute atomic E-state index is 0.0318. The van der Waals surface area contributed by atoms with Gasteiger partial charge >= 0.3 is 0 Å². The third-order valence-corrected chi connectivity index (χ3v) is 3.72. The predicted molar refractivity (Wildman–Crippen MR) is 84.5 cm³/mol. The van der Waals surface area contributed by atoms with Gasteiger partial charge in [-0.25, -0.2) is 0 Å². The van der Waals surface area contributed by atoms with E-state index < -0.39 is 5.91 Å². The summed E-state index contributed by atoms with van der Waals surface area (Å²) in [6.45, 7) is 0. The third kappa shape index (κ3) is 3.85. The van der Waals surface area contributed by atoms with Crippen LogP contribution in [0.5, 0.6) is 5.75 Å². The normalized spacial score (nSPS) is 10.8. The van der Waals surface area contributed by atoms with Crippen LogP contribution in [0.15, 0.2) is 41.3 Å². The molecule has 1 aromatic carbocycles. The maximum absolute atomic E-state index is 12.1. The van der Waals surface area contributed by atoms with Crippen molar-refractivity contribution in [2.75, 3.05) is 12.4 Å². The number of anilines is 1. The monoisotopic (exact) mass is 318 g/mol. The number of amides is 1. The minimum Gasteiger partial charge on any atom is -0.495 e. The summed E-state index contributed by atoms with van der Waals surface area (Å²) in [6.07, 6.45) is 1.55. The van der Waals surface area contributed by atoms with Crippen molar-refractivity contribution >= 4 is 40.6 Å². The van der Waals surface area contributed by atoms with Crippen LogP contribution in [0, 0.1) is 11.3 Å². The van der Waals surface area contributed by atoms with E-state index >= 15 is 0 Å². The van der Waals surface area contributed by atoms with Crippen LogP contribution in [0.3, 0.4) is 0 Å². The quantitative estimate of drug-likeness (QED) is 0.685. The highest BCUT2D eigenvalue weighted by molar-refractivity contribution is 7.10. The molecule has 6 heteroatoms. The number of rotatable bonds is 4. The Morgan fingerprint density at radius 1 is 1.48 bits per heavy atom. The van der Waals surface area contributed by atoms with E-state index in [1.165, 1.54) is 18.4 Å². The van der Waals surface area contributed by atoms with Gasteiger partial charge in [-0.05, 0) is 35.7 Å². The Labute approximate surface area is 131 Å². The lowest BCUT2D eigenvalue weighted by Gasteiger charge is -2.07. The summed E-state index contributed by atoms with van der Waals surface area (Å²) >= 11 is 7.44. The number of nitrogens with one attached hydrogen (secondary N) is 1. The summed E-state index contributed by atoms with van der Waals surface area (Å²) in [5.41, 5.74) is 0.530. The Balaban J connectivity index is 2.17. The molecule has 1 amide bonds. The minimum atomic E-state index is -0.480. The predicted octanol–water partition coefficient (Wildman–Crippen LogP) is 3.96. The molecule has 0 aliphatic rings. The van der Waals surface area contributed by atoms with Crippen molar-refractivity contribution in [3.63, 3.8) is 0 Å². The van der Waals surface area contributed by atoms with Gasteiger partial charge in [-0.15, -0.1) is 11.3 Å². The Bertz CT molecular complexity index is 718. The lowest BCUT2D eigenvalue weighted by Crippen LogP contribution is -2.13. The summed E-state index contributed by atoms with van der Waals surface area (Å²) in [4.78, 5) is 12.9. The van der Waals surface area contributed by atoms with Gasteiger partial charge in [0.2, 0.25) is 0 Å². The van der Waals surface area contributed by atoms with Crippen LogP contribution >= 0.6 is 22.9 Å². The number of methoxy groups -OCH3 is 1. The van der Waals surface area contributed by atoms with E-state index in [9.17, 15) is 4.79 Å². The molecule has 2 aromatic rings. The Hall–Kier alpha value is -2.29. The largest absolute Gasteiger partial charge is 0.495 e. The van der Waals surface area contributed by atoms with Gasteiger partial charge in [-0.3, -0.25) is 4.79 Å². The smallest absolute Gasteiger partial charge is 0.266 e. The van der Waals surface area contributed by atoms with Gasteiger partial charge in [0.05, 0.1) is 12.1 Å². The van der Waals surface area contributed by atoms with Crippen molar-refractivity contribution in [2.45, 2.75) is 0 Å². The standard InChI is InChI=1S/C15H11ClN2O2S/c1-20-14-5-4-11(8-13(14)16)18-15(19)10(9-17)7-12-3-2-6-21-12/h2-8H,1H3,(H,18,19)/b10-7-. The summed E-state index contributed by atoms with van der Waals surface area (Å²) in [5.74, 6) is 0.0384. The summed E-state index contributed by atoms with van der Waals surface area (Å²) in [6, 6.07) is 10.5. The number of halogens is 1. The number of carbonyl (C=O) groups excluding carboxylic acids is 1. The molecule has 4 nitrogen and oxygen atoms in total. The average molecular weight is 319 g/mol. The van der Waals surface area contributed by atoms with Crippen molar-refractivity contribution in [3.05, 3.63) is 51.2 Å². The van der Waals surface area contributed by atoms with Gasteiger partial charge < -0.3 is 10.1 Å². The zero-order chi connectivity index (χ0) is 15.2. The number of hydrogen-bond donors (Lipinski definition) is 1. The highest BCUT2D eigenvalue weighted by Gasteiger charge is 2.11. The van der Waals surface area contributed by atoms with E-state index in [0.29, 0.717) is 16.5 Å². The first-order valence-corrected chi connectivity index (χ1v) is 7.20. The third-order valence-electron chi connectivity index (χ3n) is 2.60. The fourth-order valence-electron chi connectivity index (χ4n) is 1.61. The van der Waals surface area contributed by atoms with Crippen LogP contribution < -0.4 is 10.1 Å². The number of benzene rings is 1. The lowest BCUT2D eigenvalue weighted by molar-refractivity contribution is -0.112. The van der Waals surface area contributed by atoms with Crippen LogP contribution in [-0.4, -0.2) is 13.0 Å². The summed E-state index contributed by atoms with van der Waals surface area (Å²) in [5, 5.41) is 14.0. The first kappa shape index (κ1) is 15.1. The Morgan fingerprint density at radius 3 is 2.86 bits per heavy atom. The van der Waals surface area contributed by atoms with E-state index in [2.05, 4.69) is 5.32 Å². The van der Waals surface area contributed by atoms with E-state index in [1.807, 2.05) is 23.6 Å². The maximum Gasteiger partial charge on any atom is 0.266 e. The fraction of sp³-hybridized carbons (Fsp3) is 0.0667. The highest BCUT2D eigenvalue weighted by atomic mass is 35.5. The van der Waals surface area contributed by atoms with Crippen LogP contribution in [0.25, 0.3) is 6.08 Å². The van der Waals surface area contributed by atoms with E-state index in [0.717, 1.165) is 4.88 Å². The van der Waals surface area contributed by atoms with Gasteiger partial charge in [0.25, 0.3) is 5.91 Å². The van der Waals surface area contributed by atoms with E-state index in [1.54, 1.807) is 24.3 Å². The molecule has 0 saturated heterocycles. The van der Waals surface area contributed by atoms with Crippen LogP contribution in [0.2, 0.25) is 5.02 Å². The molecular formula is C15H11ClN2O2S. The average Bonchev–Trinajstić information content (AvgIpc) is 2.98. The molecule has 1 heterocycles. The molecule has 21 heavy (non-hydrogen) atoms. The number of ether oxygens (including phenoxy) is 1. The number of nitrogens with zero attached hydrogens (tertiary/aromatic N) is 1. The second-order valence-corrected chi connectivity index (χ2v) is 5.38. The van der Waals surface area contributed by atoms with Crippen molar-refractivity contribution in [1.29, 1.82) is 5.26 Å². The van der Waals surface area contributed by atoms with Crippen molar-refractivity contribution in [2.24, 2.45) is 0 Å². The molecule has 1 N–H and O–H groups in total. The first-order chi connectivity index (χ1) is 10.1. The van der Waals surface area contributed by atoms with Crippen molar-refractivity contribution < 1.29 is 9.53 Å². The fourth-order valence-corrected chi connectivity index (χ4v) is 2.52. The maximum atomic E-state index is 12.1. The summed E-state index contributed by atoms with van der Waals surface area (Å²) in [7, 11) is 1.51. The highest BCUT2D eigenvalue weighted by Crippen LogP contribution is 2.27. The number of thiophene rings is 1. The van der Waals surface area contributed by atoms with E-state index in [4.69, 9.17) is 21.6 Å². The molecule has 0 spiro atoms. The Morgan fingerprint density at radius 2 is 2.29 bits per heavy atom. The second-order valence-electron chi connectivity index (χ2n) is 3.99.